The van der Waals surface area contributed by atoms with E-state index < -0.39 is 0 Å². The molecule has 4 nitrogen and oxygen atoms in total. The van der Waals surface area contributed by atoms with E-state index in [-0.39, 0.29) is 5.91 Å². The van der Waals surface area contributed by atoms with Gasteiger partial charge in [-0.15, -0.1) is 0 Å². The molecule has 0 radical (unpaired) electrons. The maximum absolute atomic E-state index is 13.0. The molecule has 0 aliphatic carbocycles. The van der Waals surface area contributed by atoms with Crippen molar-refractivity contribution in [2.24, 2.45) is 0 Å². The fourth-order valence-electron chi connectivity index (χ4n) is 4.46. The third-order valence-electron chi connectivity index (χ3n) is 6.15. The zero-order chi connectivity index (χ0) is 22.7. The third-order valence-corrected chi connectivity index (χ3v) is 6.64. The van der Waals surface area contributed by atoms with E-state index in [2.05, 4.69) is 34.1 Å². The first-order valence-corrected chi connectivity index (χ1v) is 12.2. The summed E-state index contributed by atoms with van der Waals surface area (Å²) in [4.78, 5) is 15.0. The van der Waals surface area contributed by atoms with Gasteiger partial charge in [-0.25, -0.2) is 0 Å². The van der Waals surface area contributed by atoms with Crippen LogP contribution in [0.25, 0.3) is 27.7 Å². The first kappa shape index (κ1) is 22.7. The highest BCUT2D eigenvalue weighted by atomic mass is 79.9. The highest BCUT2D eigenvalue weighted by Crippen LogP contribution is 2.41. The zero-order valence-corrected chi connectivity index (χ0v) is 20.6. The average molecular weight is 496 g/mol. The van der Waals surface area contributed by atoms with Crippen molar-refractivity contribution in [3.8, 4) is 16.9 Å². The summed E-state index contributed by atoms with van der Waals surface area (Å²) in [5, 5.41) is 1.02. The van der Waals surface area contributed by atoms with Gasteiger partial charge in [0.1, 0.15) is 11.3 Å². The minimum absolute atomic E-state index is 0.0870. The van der Waals surface area contributed by atoms with Gasteiger partial charge in [-0.05, 0) is 62.9 Å². The zero-order valence-electron chi connectivity index (χ0n) is 19.0. The minimum atomic E-state index is 0.0870. The molecule has 0 unspecified atom stereocenters. The summed E-state index contributed by atoms with van der Waals surface area (Å²) in [6.45, 7) is 8.23. The van der Waals surface area contributed by atoms with Crippen LogP contribution in [0, 0.1) is 6.92 Å². The van der Waals surface area contributed by atoms with E-state index in [0.29, 0.717) is 6.61 Å². The number of hydrogen-bond donors (Lipinski definition) is 0. The summed E-state index contributed by atoms with van der Waals surface area (Å²) in [5.41, 5.74) is 5.73. The highest BCUT2D eigenvalue weighted by Gasteiger charge is 2.20. The standard InChI is InChI=1S/C27H30BrNO3/c1-4-31-26-19(3)27-23(24(17-32-27)20-10-9-11-21(28)15-20)16-22(26)18(2)14-25(30)29-12-7-5-6-8-13-29/h9-11,14-17H,4-8,12-13H2,1-3H3/b18-14+. The van der Waals surface area contributed by atoms with Crippen LogP contribution in [0.1, 0.15) is 50.7 Å². The number of hydrogen-bond acceptors (Lipinski definition) is 3. The quantitative estimate of drug-likeness (QED) is 0.346. The van der Waals surface area contributed by atoms with E-state index in [9.17, 15) is 4.79 Å². The Balaban J connectivity index is 1.80. The number of halogens is 1. The van der Waals surface area contributed by atoms with Gasteiger partial charge in [-0.3, -0.25) is 4.79 Å². The molecule has 0 saturated carbocycles. The van der Waals surface area contributed by atoms with Crippen LogP contribution in [0.2, 0.25) is 0 Å². The fourth-order valence-corrected chi connectivity index (χ4v) is 4.86. The number of benzene rings is 2. The molecule has 0 atom stereocenters. The van der Waals surface area contributed by atoms with Gasteiger partial charge in [0.25, 0.3) is 0 Å². The Morgan fingerprint density at radius 3 is 2.62 bits per heavy atom. The number of ether oxygens (including phenoxy) is 1. The van der Waals surface area contributed by atoms with Crippen molar-refractivity contribution in [3.63, 3.8) is 0 Å². The van der Waals surface area contributed by atoms with Gasteiger partial charge in [0, 0.05) is 45.7 Å². The number of fused-ring (bicyclic) bond motifs is 1. The Bertz CT molecular complexity index is 1150. The van der Waals surface area contributed by atoms with E-state index in [0.717, 1.165) is 74.9 Å². The maximum Gasteiger partial charge on any atom is 0.246 e. The van der Waals surface area contributed by atoms with Crippen LogP contribution in [0.15, 0.2) is 51.6 Å². The molecule has 4 rings (SSSR count). The molecule has 0 spiro atoms. The van der Waals surface area contributed by atoms with Gasteiger partial charge in [-0.2, -0.15) is 0 Å². The van der Waals surface area contributed by atoms with Gasteiger partial charge < -0.3 is 14.1 Å². The van der Waals surface area contributed by atoms with E-state index in [1.807, 2.05) is 37.8 Å². The Labute approximate surface area is 198 Å². The van der Waals surface area contributed by atoms with E-state index in [1.165, 1.54) is 12.8 Å². The summed E-state index contributed by atoms with van der Waals surface area (Å²) in [6, 6.07) is 10.3. The predicted octanol–water partition coefficient (Wildman–Crippen LogP) is 7.38. The minimum Gasteiger partial charge on any atom is -0.493 e. The number of allylic oxidation sites excluding steroid dienone is 1. The molecule has 1 aliphatic heterocycles. The lowest BCUT2D eigenvalue weighted by Crippen LogP contribution is -2.30. The van der Waals surface area contributed by atoms with E-state index in [1.54, 1.807) is 12.3 Å². The number of likely N-dealkylation sites (tertiary alicyclic amines) is 1. The first-order valence-electron chi connectivity index (χ1n) is 11.4. The molecule has 168 valence electrons. The Kier molecular flexibility index (Phi) is 7.04. The van der Waals surface area contributed by atoms with Gasteiger partial charge in [0.2, 0.25) is 5.91 Å². The number of carbonyl (C=O) groups excluding carboxylic acids is 1. The topological polar surface area (TPSA) is 42.7 Å². The average Bonchev–Trinajstić information content (AvgIpc) is 3.01. The van der Waals surface area contributed by atoms with Gasteiger partial charge in [-0.1, -0.05) is 40.9 Å². The van der Waals surface area contributed by atoms with Crippen LogP contribution in [0.3, 0.4) is 0 Å². The Morgan fingerprint density at radius 1 is 1.19 bits per heavy atom. The van der Waals surface area contributed by atoms with Crippen molar-refractivity contribution in [1.82, 2.24) is 4.90 Å². The Morgan fingerprint density at radius 2 is 1.94 bits per heavy atom. The van der Waals surface area contributed by atoms with Crippen LogP contribution in [-0.4, -0.2) is 30.5 Å². The molecule has 1 fully saturated rings. The molecule has 2 heterocycles. The molecule has 0 bridgehead atoms. The van der Waals surface area contributed by atoms with Crippen molar-refractivity contribution >= 4 is 38.4 Å². The van der Waals surface area contributed by atoms with Crippen LogP contribution >= 0.6 is 15.9 Å². The monoisotopic (exact) mass is 495 g/mol. The molecule has 1 saturated heterocycles. The van der Waals surface area contributed by atoms with E-state index >= 15 is 0 Å². The molecule has 0 N–H and O–H groups in total. The molecule has 1 aromatic heterocycles. The highest BCUT2D eigenvalue weighted by molar-refractivity contribution is 9.10. The molecular formula is C27H30BrNO3. The maximum atomic E-state index is 13.0. The molecule has 3 aromatic rings. The SMILES string of the molecule is CCOc1c(/C(C)=C/C(=O)N2CCCCCC2)cc2c(-c3cccc(Br)c3)coc2c1C. The molecule has 1 aliphatic rings. The first-order chi connectivity index (χ1) is 15.5. The third kappa shape index (κ3) is 4.63. The lowest BCUT2D eigenvalue weighted by Gasteiger charge is -2.19. The summed E-state index contributed by atoms with van der Waals surface area (Å²) in [6.07, 6.45) is 8.15. The predicted molar refractivity (Wildman–Crippen MR) is 134 cm³/mol. The van der Waals surface area contributed by atoms with Gasteiger partial charge >= 0.3 is 0 Å². The summed E-state index contributed by atoms with van der Waals surface area (Å²) < 4.78 is 13.1. The normalized spacial score (nSPS) is 15.1. The van der Waals surface area contributed by atoms with Crippen molar-refractivity contribution in [2.45, 2.75) is 46.5 Å². The lowest BCUT2D eigenvalue weighted by molar-refractivity contribution is -0.125. The van der Waals surface area contributed by atoms with Crippen molar-refractivity contribution in [2.75, 3.05) is 19.7 Å². The van der Waals surface area contributed by atoms with Crippen LogP contribution in [0.5, 0.6) is 5.75 Å². The van der Waals surface area contributed by atoms with Crippen LogP contribution in [0.4, 0.5) is 0 Å². The summed E-state index contributed by atoms with van der Waals surface area (Å²) in [5.74, 6) is 0.872. The van der Waals surface area contributed by atoms with E-state index in [4.69, 9.17) is 9.15 Å². The van der Waals surface area contributed by atoms with Gasteiger partial charge in [0.15, 0.2) is 0 Å². The Hall–Kier alpha value is -2.53. The number of carbonyl (C=O) groups is 1. The number of aryl methyl sites for hydroxylation is 1. The second kappa shape index (κ2) is 9.95. The number of furan rings is 1. The summed E-state index contributed by atoms with van der Waals surface area (Å²) >= 11 is 3.56. The number of rotatable bonds is 5. The fraction of sp³-hybridized carbons (Fsp3) is 0.370. The largest absolute Gasteiger partial charge is 0.493 e. The summed E-state index contributed by atoms with van der Waals surface area (Å²) in [7, 11) is 0. The second-order valence-corrected chi connectivity index (χ2v) is 9.33. The molecule has 32 heavy (non-hydrogen) atoms. The van der Waals surface area contributed by atoms with Crippen LogP contribution < -0.4 is 4.74 Å². The van der Waals surface area contributed by atoms with Crippen molar-refractivity contribution < 1.29 is 13.9 Å². The van der Waals surface area contributed by atoms with Crippen molar-refractivity contribution in [3.05, 3.63) is 58.3 Å². The van der Waals surface area contributed by atoms with Gasteiger partial charge in [0.05, 0.1) is 12.9 Å². The molecule has 1 amide bonds. The molecule has 2 aromatic carbocycles. The number of nitrogens with zero attached hydrogens (tertiary/aromatic N) is 1. The molecular weight excluding hydrogens is 466 g/mol. The number of amides is 1. The van der Waals surface area contributed by atoms with Crippen molar-refractivity contribution in [1.29, 1.82) is 0 Å². The lowest BCUT2D eigenvalue weighted by atomic mass is 9.96. The molecule has 5 heteroatoms. The second-order valence-electron chi connectivity index (χ2n) is 8.41. The smallest absolute Gasteiger partial charge is 0.246 e. The van der Waals surface area contributed by atoms with Crippen LogP contribution in [-0.2, 0) is 4.79 Å².